The summed E-state index contributed by atoms with van der Waals surface area (Å²) in [5, 5.41) is 5.03. The Hall–Kier alpha value is -1.30. The molecule has 2 aromatic rings. The van der Waals surface area contributed by atoms with Gasteiger partial charge in [0.05, 0.1) is 0 Å². The number of thioether (sulfide) groups is 1. The van der Waals surface area contributed by atoms with Crippen molar-refractivity contribution in [3.05, 3.63) is 57.3 Å². The van der Waals surface area contributed by atoms with Crippen LogP contribution >= 0.6 is 23.1 Å². The topological polar surface area (TPSA) is 55.1 Å². The fourth-order valence-electron chi connectivity index (χ4n) is 2.91. The summed E-state index contributed by atoms with van der Waals surface area (Å²) in [6.07, 6.45) is 1.07. The lowest BCUT2D eigenvalue weighted by Gasteiger charge is -2.22. The van der Waals surface area contributed by atoms with Gasteiger partial charge < -0.3 is 11.1 Å². The van der Waals surface area contributed by atoms with Crippen LogP contribution in [0.3, 0.4) is 0 Å². The molecule has 24 heavy (non-hydrogen) atoms. The number of amides is 1. The van der Waals surface area contributed by atoms with Gasteiger partial charge >= 0.3 is 0 Å². The molecular weight excluding hydrogens is 336 g/mol. The Morgan fingerprint density at radius 3 is 2.67 bits per heavy atom. The fourth-order valence-corrected chi connectivity index (χ4v) is 5.23. The quantitative estimate of drug-likeness (QED) is 0.847. The standard InChI is InChI=1S/C19H24N2OS2/c1-12(2)13-3-5-14(6-4-13)16(20)11-21-19(22)18-15-7-9-23-17(15)8-10-24-18/h3-7,9,12,16,18H,8,10-11,20H2,1-2H3,(H,21,22). The van der Waals surface area contributed by atoms with Gasteiger partial charge in [0.2, 0.25) is 5.91 Å². The zero-order valence-electron chi connectivity index (χ0n) is 14.1. The fraction of sp³-hybridized carbons (Fsp3) is 0.421. The number of hydrogen-bond donors (Lipinski definition) is 2. The van der Waals surface area contributed by atoms with Crippen LogP contribution in [-0.4, -0.2) is 18.2 Å². The van der Waals surface area contributed by atoms with E-state index in [1.54, 1.807) is 23.1 Å². The van der Waals surface area contributed by atoms with Crippen molar-refractivity contribution in [2.75, 3.05) is 12.3 Å². The number of nitrogens with one attached hydrogen (secondary N) is 1. The van der Waals surface area contributed by atoms with Crippen LogP contribution in [0.25, 0.3) is 0 Å². The van der Waals surface area contributed by atoms with Gasteiger partial charge in [0.15, 0.2) is 0 Å². The average molecular weight is 361 g/mol. The van der Waals surface area contributed by atoms with Crippen LogP contribution in [0, 0.1) is 0 Å². The van der Waals surface area contributed by atoms with Gasteiger partial charge in [-0.1, -0.05) is 38.1 Å². The highest BCUT2D eigenvalue weighted by molar-refractivity contribution is 8.00. The van der Waals surface area contributed by atoms with E-state index in [2.05, 4.69) is 54.9 Å². The first-order chi connectivity index (χ1) is 11.6. The highest BCUT2D eigenvalue weighted by Crippen LogP contribution is 2.39. The van der Waals surface area contributed by atoms with Crippen molar-refractivity contribution in [1.82, 2.24) is 5.32 Å². The zero-order valence-corrected chi connectivity index (χ0v) is 15.8. The molecule has 0 fully saturated rings. The predicted octanol–water partition coefficient (Wildman–Crippen LogP) is 4.02. The Kier molecular flexibility index (Phi) is 5.64. The monoisotopic (exact) mass is 360 g/mol. The number of fused-ring (bicyclic) bond motifs is 1. The van der Waals surface area contributed by atoms with Crippen LogP contribution in [-0.2, 0) is 11.2 Å². The average Bonchev–Trinajstić information content (AvgIpc) is 3.08. The molecule has 0 saturated carbocycles. The first-order valence-corrected chi connectivity index (χ1v) is 10.3. The Labute approximate surface area is 152 Å². The highest BCUT2D eigenvalue weighted by atomic mass is 32.2. The second-order valence-corrected chi connectivity index (χ2v) is 8.69. The van der Waals surface area contributed by atoms with E-state index in [-0.39, 0.29) is 17.2 Å². The van der Waals surface area contributed by atoms with Crippen LogP contribution < -0.4 is 11.1 Å². The summed E-state index contributed by atoms with van der Waals surface area (Å²) >= 11 is 3.48. The minimum Gasteiger partial charge on any atom is -0.353 e. The third-order valence-electron chi connectivity index (χ3n) is 4.44. The molecule has 1 aliphatic rings. The molecule has 128 valence electrons. The van der Waals surface area contributed by atoms with Crippen molar-refractivity contribution >= 4 is 29.0 Å². The van der Waals surface area contributed by atoms with Crippen molar-refractivity contribution in [3.63, 3.8) is 0 Å². The van der Waals surface area contributed by atoms with Crippen molar-refractivity contribution in [1.29, 1.82) is 0 Å². The molecule has 1 aromatic carbocycles. The molecule has 0 aliphatic carbocycles. The van der Waals surface area contributed by atoms with Crippen LogP contribution in [0.15, 0.2) is 35.7 Å². The van der Waals surface area contributed by atoms with E-state index in [1.165, 1.54) is 16.0 Å². The van der Waals surface area contributed by atoms with Gasteiger partial charge in [-0.25, -0.2) is 0 Å². The molecule has 2 heterocycles. The van der Waals surface area contributed by atoms with E-state index in [0.29, 0.717) is 12.5 Å². The highest BCUT2D eigenvalue weighted by Gasteiger charge is 2.28. The summed E-state index contributed by atoms with van der Waals surface area (Å²) in [4.78, 5) is 13.9. The minimum atomic E-state index is -0.175. The van der Waals surface area contributed by atoms with E-state index in [9.17, 15) is 4.79 Å². The smallest absolute Gasteiger partial charge is 0.237 e. The van der Waals surface area contributed by atoms with E-state index in [0.717, 1.165) is 17.7 Å². The van der Waals surface area contributed by atoms with E-state index in [1.807, 2.05) is 0 Å². The van der Waals surface area contributed by atoms with E-state index >= 15 is 0 Å². The molecule has 0 radical (unpaired) electrons. The van der Waals surface area contributed by atoms with Crippen LogP contribution in [0.1, 0.15) is 52.6 Å². The summed E-state index contributed by atoms with van der Waals surface area (Å²) in [5.74, 6) is 1.60. The van der Waals surface area contributed by atoms with Gasteiger partial charge in [-0.05, 0) is 46.2 Å². The number of aryl methyl sites for hydroxylation is 1. The lowest BCUT2D eigenvalue weighted by Crippen LogP contribution is -2.35. The summed E-state index contributed by atoms with van der Waals surface area (Å²) in [6.45, 7) is 4.82. The minimum absolute atomic E-state index is 0.0774. The molecular formula is C19H24N2OS2. The molecule has 2 atom stereocenters. The zero-order chi connectivity index (χ0) is 17.1. The van der Waals surface area contributed by atoms with Gasteiger partial charge in [-0.15, -0.1) is 23.1 Å². The lowest BCUT2D eigenvalue weighted by atomic mass is 9.99. The second-order valence-electron chi connectivity index (χ2n) is 6.47. The number of nitrogens with two attached hydrogens (primary N) is 1. The number of rotatable bonds is 5. The third kappa shape index (κ3) is 3.85. The largest absolute Gasteiger partial charge is 0.353 e. The number of carbonyl (C=O) groups is 1. The Bertz CT molecular complexity index is 694. The maximum atomic E-state index is 12.6. The summed E-state index contributed by atoms with van der Waals surface area (Å²) < 4.78 is 0. The normalized spacial score (nSPS) is 18.2. The summed E-state index contributed by atoms with van der Waals surface area (Å²) in [6, 6.07) is 10.3. The van der Waals surface area contributed by atoms with Gasteiger partial charge in [-0.3, -0.25) is 4.79 Å². The van der Waals surface area contributed by atoms with E-state index < -0.39 is 0 Å². The van der Waals surface area contributed by atoms with Crippen molar-refractivity contribution in [3.8, 4) is 0 Å². The van der Waals surface area contributed by atoms with Crippen LogP contribution in [0.5, 0.6) is 0 Å². The lowest BCUT2D eigenvalue weighted by molar-refractivity contribution is -0.120. The van der Waals surface area contributed by atoms with E-state index in [4.69, 9.17) is 5.73 Å². The molecule has 3 nitrogen and oxygen atoms in total. The molecule has 0 bridgehead atoms. The third-order valence-corrected chi connectivity index (χ3v) is 6.68. The predicted molar refractivity (Wildman–Crippen MR) is 104 cm³/mol. The van der Waals surface area contributed by atoms with Crippen LogP contribution in [0.2, 0.25) is 0 Å². The Balaban J connectivity index is 1.58. The molecule has 1 aromatic heterocycles. The number of thiophene rings is 1. The summed E-state index contributed by atoms with van der Waals surface area (Å²) in [7, 11) is 0. The molecule has 1 amide bonds. The van der Waals surface area contributed by atoms with Crippen molar-refractivity contribution in [2.24, 2.45) is 5.73 Å². The SMILES string of the molecule is CC(C)c1ccc(C(N)CNC(=O)C2SCCc3sccc32)cc1. The molecule has 0 saturated heterocycles. The molecule has 2 unspecified atom stereocenters. The Morgan fingerprint density at radius 2 is 1.96 bits per heavy atom. The van der Waals surface area contributed by atoms with Crippen molar-refractivity contribution in [2.45, 2.75) is 37.5 Å². The molecule has 0 spiro atoms. The van der Waals surface area contributed by atoms with Gasteiger partial charge in [-0.2, -0.15) is 0 Å². The Morgan fingerprint density at radius 1 is 1.25 bits per heavy atom. The maximum Gasteiger partial charge on any atom is 0.237 e. The molecule has 1 aliphatic heterocycles. The van der Waals surface area contributed by atoms with Crippen LogP contribution in [0.4, 0.5) is 0 Å². The van der Waals surface area contributed by atoms with Gasteiger partial charge in [0.25, 0.3) is 0 Å². The molecule has 5 heteroatoms. The summed E-state index contributed by atoms with van der Waals surface area (Å²) in [5.41, 5.74) is 9.80. The number of carbonyl (C=O) groups excluding carboxylic acids is 1. The van der Waals surface area contributed by atoms with Gasteiger partial charge in [0.1, 0.15) is 5.25 Å². The second kappa shape index (κ2) is 7.72. The number of benzene rings is 1. The first-order valence-electron chi connectivity index (χ1n) is 8.37. The molecule has 3 rings (SSSR count). The van der Waals surface area contributed by atoms with Gasteiger partial charge in [0, 0.05) is 17.5 Å². The first kappa shape index (κ1) is 17.5. The maximum absolute atomic E-state index is 12.6. The molecule has 3 N–H and O–H groups in total. The number of hydrogen-bond acceptors (Lipinski definition) is 4. The van der Waals surface area contributed by atoms with Crippen molar-refractivity contribution < 1.29 is 4.79 Å².